The molecule has 2 amide bonds. The minimum absolute atomic E-state index is 0.0509. The Bertz CT molecular complexity index is 487. The third-order valence-corrected chi connectivity index (χ3v) is 3.74. The van der Waals surface area contributed by atoms with Crippen LogP contribution >= 0.6 is 0 Å². The summed E-state index contributed by atoms with van der Waals surface area (Å²) in [5.41, 5.74) is 1.14. The van der Waals surface area contributed by atoms with Gasteiger partial charge in [-0.25, -0.2) is 0 Å². The van der Waals surface area contributed by atoms with Crippen molar-refractivity contribution >= 4 is 11.8 Å². The van der Waals surface area contributed by atoms with Gasteiger partial charge in [-0.15, -0.1) is 0 Å². The van der Waals surface area contributed by atoms with Crippen LogP contribution in [0.15, 0.2) is 24.3 Å². The lowest BCUT2D eigenvalue weighted by Crippen LogP contribution is -2.57. The summed E-state index contributed by atoms with van der Waals surface area (Å²) in [5.74, 6) is -0.536. The number of carbonyl (C=O) groups excluding carboxylic acids is 2. The van der Waals surface area contributed by atoms with Crippen molar-refractivity contribution in [3.05, 3.63) is 35.4 Å². The van der Waals surface area contributed by atoms with Crippen LogP contribution in [-0.4, -0.2) is 35.6 Å². The van der Waals surface area contributed by atoms with E-state index in [4.69, 9.17) is 0 Å². The van der Waals surface area contributed by atoms with Crippen LogP contribution in [0.25, 0.3) is 0 Å². The zero-order valence-corrected chi connectivity index (χ0v) is 11.6. The molecule has 2 rings (SSSR count). The summed E-state index contributed by atoms with van der Waals surface area (Å²) in [6.07, 6.45) is 2.60. The predicted molar refractivity (Wildman–Crippen MR) is 75.3 cm³/mol. The molecule has 5 heteroatoms. The number of hydrogen-bond donors (Lipinski definition) is 3. The fourth-order valence-corrected chi connectivity index (χ4v) is 2.23. The Balaban J connectivity index is 1.81. The second kappa shape index (κ2) is 6.05. The maximum absolute atomic E-state index is 11.8. The van der Waals surface area contributed by atoms with Gasteiger partial charge in [0.25, 0.3) is 5.91 Å². The topological polar surface area (TPSA) is 78.4 Å². The van der Waals surface area contributed by atoms with Crippen LogP contribution in [0.5, 0.6) is 0 Å². The quantitative estimate of drug-likeness (QED) is 0.743. The predicted octanol–water partition coefficient (Wildman–Crippen LogP) is 0.756. The number of carbonyl (C=O) groups is 2. The van der Waals surface area contributed by atoms with Gasteiger partial charge in [0.1, 0.15) is 0 Å². The van der Waals surface area contributed by atoms with E-state index in [0.717, 1.165) is 24.8 Å². The van der Waals surface area contributed by atoms with Crippen molar-refractivity contribution in [1.82, 2.24) is 10.6 Å². The average Bonchev–Trinajstić information content (AvgIpc) is 2.41. The van der Waals surface area contributed by atoms with E-state index in [1.807, 2.05) is 19.1 Å². The maximum atomic E-state index is 11.8. The van der Waals surface area contributed by atoms with Gasteiger partial charge in [0.2, 0.25) is 5.91 Å². The van der Waals surface area contributed by atoms with Crippen LogP contribution < -0.4 is 10.6 Å². The molecule has 20 heavy (non-hydrogen) atoms. The number of amides is 2. The summed E-state index contributed by atoms with van der Waals surface area (Å²) < 4.78 is 0. The first-order valence-electron chi connectivity index (χ1n) is 6.81. The van der Waals surface area contributed by atoms with E-state index in [-0.39, 0.29) is 25.0 Å². The number of benzene rings is 1. The molecule has 0 heterocycles. The Morgan fingerprint density at radius 2 is 1.90 bits per heavy atom. The summed E-state index contributed by atoms with van der Waals surface area (Å²) in [6.45, 7) is 1.82. The first-order valence-corrected chi connectivity index (χ1v) is 6.81. The van der Waals surface area contributed by atoms with E-state index in [9.17, 15) is 14.7 Å². The molecule has 1 aliphatic rings. The number of hydrogen-bond acceptors (Lipinski definition) is 3. The highest BCUT2D eigenvalue weighted by molar-refractivity contribution is 5.96. The molecule has 1 aromatic rings. The molecular formula is C15H20N2O3. The largest absolute Gasteiger partial charge is 0.394 e. The third kappa shape index (κ3) is 3.36. The van der Waals surface area contributed by atoms with E-state index in [0.29, 0.717) is 5.56 Å². The molecule has 0 saturated heterocycles. The third-order valence-electron chi connectivity index (χ3n) is 3.74. The first-order chi connectivity index (χ1) is 9.54. The molecule has 0 aromatic heterocycles. The molecule has 1 aliphatic carbocycles. The molecular weight excluding hydrogens is 256 g/mol. The van der Waals surface area contributed by atoms with Crippen LogP contribution in [0.3, 0.4) is 0 Å². The SMILES string of the molecule is Cc1ccc(C(=O)NCC(=O)NC2(CO)CCC2)cc1. The van der Waals surface area contributed by atoms with Crippen molar-refractivity contribution in [1.29, 1.82) is 0 Å². The van der Waals surface area contributed by atoms with E-state index >= 15 is 0 Å². The Hall–Kier alpha value is -1.88. The van der Waals surface area contributed by atoms with Gasteiger partial charge >= 0.3 is 0 Å². The van der Waals surface area contributed by atoms with Crippen molar-refractivity contribution in [2.24, 2.45) is 0 Å². The molecule has 1 aromatic carbocycles. The van der Waals surface area contributed by atoms with Gasteiger partial charge in [0.05, 0.1) is 18.7 Å². The summed E-state index contributed by atoms with van der Waals surface area (Å²) >= 11 is 0. The monoisotopic (exact) mass is 276 g/mol. The zero-order chi connectivity index (χ0) is 14.6. The molecule has 0 aliphatic heterocycles. The number of rotatable bonds is 5. The van der Waals surface area contributed by atoms with Gasteiger partial charge in [-0.3, -0.25) is 9.59 Å². The van der Waals surface area contributed by atoms with Crippen molar-refractivity contribution < 1.29 is 14.7 Å². The zero-order valence-electron chi connectivity index (χ0n) is 11.6. The van der Waals surface area contributed by atoms with E-state index in [1.165, 1.54) is 0 Å². The Morgan fingerprint density at radius 3 is 2.40 bits per heavy atom. The minimum atomic E-state index is -0.467. The lowest BCUT2D eigenvalue weighted by Gasteiger charge is -2.40. The minimum Gasteiger partial charge on any atom is -0.394 e. The smallest absolute Gasteiger partial charge is 0.251 e. The summed E-state index contributed by atoms with van der Waals surface area (Å²) in [4.78, 5) is 23.6. The fourth-order valence-electron chi connectivity index (χ4n) is 2.23. The van der Waals surface area contributed by atoms with Gasteiger partial charge in [-0.1, -0.05) is 17.7 Å². The Morgan fingerprint density at radius 1 is 1.25 bits per heavy atom. The number of nitrogens with one attached hydrogen (secondary N) is 2. The van der Waals surface area contributed by atoms with Crippen LogP contribution in [0, 0.1) is 6.92 Å². The standard InChI is InChI=1S/C15H20N2O3/c1-11-3-5-12(6-4-11)14(20)16-9-13(19)17-15(10-18)7-2-8-15/h3-6,18H,2,7-10H2,1H3,(H,16,20)(H,17,19). The van der Waals surface area contributed by atoms with E-state index in [1.54, 1.807) is 12.1 Å². The molecule has 5 nitrogen and oxygen atoms in total. The Kier molecular flexibility index (Phi) is 4.39. The Labute approximate surface area is 118 Å². The van der Waals surface area contributed by atoms with E-state index in [2.05, 4.69) is 10.6 Å². The summed E-state index contributed by atoms with van der Waals surface area (Å²) in [7, 11) is 0. The van der Waals surface area contributed by atoms with Crippen molar-refractivity contribution in [3.8, 4) is 0 Å². The molecule has 1 fully saturated rings. The van der Waals surface area contributed by atoms with Crippen molar-refractivity contribution in [2.75, 3.05) is 13.2 Å². The molecule has 0 spiro atoms. The van der Waals surface area contributed by atoms with Gasteiger partial charge in [-0.2, -0.15) is 0 Å². The highest BCUT2D eigenvalue weighted by Gasteiger charge is 2.37. The number of aryl methyl sites for hydroxylation is 1. The maximum Gasteiger partial charge on any atom is 0.251 e. The lowest BCUT2D eigenvalue weighted by molar-refractivity contribution is -0.124. The van der Waals surface area contributed by atoms with Crippen molar-refractivity contribution in [2.45, 2.75) is 31.7 Å². The van der Waals surface area contributed by atoms with Gasteiger partial charge < -0.3 is 15.7 Å². The van der Waals surface area contributed by atoms with Crippen LogP contribution in [0.4, 0.5) is 0 Å². The lowest BCUT2D eigenvalue weighted by atomic mass is 9.77. The summed E-state index contributed by atoms with van der Waals surface area (Å²) in [5, 5.41) is 14.6. The first kappa shape index (κ1) is 14.5. The molecule has 0 radical (unpaired) electrons. The van der Waals surface area contributed by atoms with Crippen LogP contribution in [-0.2, 0) is 4.79 Å². The highest BCUT2D eigenvalue weighted by atomic mass is 16.3. The van der Waals surface area contributed by atoms with Crippen LogP contribution in [0.1, 0.15) is 35.2 Å². The van der Waals surface area contributed by atoms with Gasteiger partial charge in [0, 0.05) is 5.56 Å². The van der Waals surface area contributed by atoms with E-state index < -0.39 is 5.54 Å². The molecule has 3 N–H and O–H groups in total. The van der Waals surface area contributed by atoms with Crippen molar-refractivity contribution in [3.63, 3.8) is 0 Å². The molecule has 1 saturated carbocycles. The molecule has 0 atom stereocenters. The van der Waals surface area contributed by atoms with Crippen LogP contribution in [0.2, 0.25) is 0 Å². The van der Waals surface area contributed by atoms with Gasteiger partial charge in [0.15, 0.2) is 0 Å². The average molecular weight is 276 g/mol. The molecule has 108 valence electrons. The van der Waals surface area contributed by atoms with Gasteiger partial charge in [-0.05, 0) is 38.3 Å². The second-order valence-corrected chi connectivity index (χ2v) is 5.39. The fraction of sp³-hybridized carbons (Fsp3) is 0.467. The number of aliphatic hydroxyl groups excluding tert-OH is 1. The molecule has 0 bridgehead atoms. The highest BCUT2D eigenvalue weighted by Crippen LogP contribution is 2.30. The normalized spacial score (nSPS) is 16.1. The molecule has 0 unspecified atom stereocenters. The summed E-state index contributed by atoms with van der Waals surface area (Å²) in [6, 6.07) is 7.15. The number of aliphatic hydroxyl groups is 1. The second-order valence-electron chi connectivity index (χ2n) is 5.39.